The molecule has 0 spiro atoms. The molecular formula is C26H22ClN3O3S. The zero-order valence-electron chi connectivity index (χ0n) is 18.2. The number of amides is 1. The van der Waals surface area contributed by atoms with E-state index in [1.807, 2.05) is 60.7 Å². The predicted octanol–water partition coefficient (Wildman–Crippen LogP) is 5.11. The van der Waals surface area contributed by atoms with Crippen LogP contribution in [-0.2, 0) is 26.1 Å². The Hall–Kier alpha value is -3.42. The molecule has 0 atom stereocenters. The number of fused-ring (bicyclic) bond motifs is 1. The molecule has 2 heterocycles. The fourth-order valence-corrected chi connectivity index (χ4v) is 5.93. The summed E-state index contributed by atoms with van der Waals surface area (Å²) in [7, 11) is -3.28. The number of hydrogen-bond acceptors (Lipinski definition) is 4. The lowest BCUT2D eigenvalue weighted by molar-refractivity contribution is -0.116. The number of aromatic nitrogens is 2. The number of halogens is 1. The van der Waals surface area contributed by atoms with E-state index in [2.05, 4.69) is 10.4 Å². The topological polar surface area (TPSA) is 81.1 Å². The average Bonchev–Trinajstić information content (AvgIpc) is 3.31. The van der Waals surface area contributed by atoms with Crippen LogP contribution in [0.25, 0.3) is 5.69 Å². The number of carbonyl (C=O) groups is 1. The van der Waals surface area contributed by atoms with Crippen LogP contribution < -0.4 is 5.32 Å². The van der Waals surface area contributed by atoms with Gasteiger partial charge in [0.25, 0.3) is 0 Å². The van der Waals surface area contributed by atoms with Crippen LogP contribution in [-0.4, -0.2) is 24.1 Å². The first-order chi connectivity index (χ1) is 16.4. The number of benzene rings is 3. The molecule has 8 heteroatoms. The summed E-state index contributed by atoms with van der Waals surface area (Å²) in [4.78, 5) is 13.3. The summed E-state index contributed by atoms with van der Waals surface area (Å²) in [6.07, 6.45) is 0.196. The molecule has 1 aromatic heterocycles. The Morgan fingerprint density at radius 1 is 0.912 bits per heavy atom. The van der Waals surface area contributed by atoms with Gasteiger partial charge in [0.05, 0.1) is 22.9 Å². The second kappa shape index (κ2) is 9.08. The predicted molar refractivity (Wildman–Crippen MR) is 133 cm³/mol. The van der Waals surface area contributed by atoms with Gasteiger partial charge >= 0.3 is 0 Å². The number of nitrogens with zero attached hydrogens (tertiary/aromatic N) is 2. The summed E-state index contributed by atoms with van der Waals surface area (Å²) in [6, 6.07) is 26.8. The highest BCUT2D eigenvalue weighted by Gasteiger charge is 2.33. The van der Waals surface area contributed by atoms with Crippen molar-refractivity contribution in [3.8, 4) is 5.69 Å². The van der Waals surface area contributed by atoms with Gasteiger partial charge in [-0.3, -0.25) is 4.79 Å². The largest absolute Gasteiger partial charge is 0.310 e. The van der Waals surface area contributed by atoms with Gasteiger partial charge < -0.3 is 5.32 Å². The van der Waals surface area contributed by atoms with Crippen LogP contribution in [0.1, 0.15) is 34.7 Å². The Morgan fingerprint density at radius 2 is 1.50 bits per heavy atom. The van der Waals surface area contributed by atoms with E-state index in [0.717, 1.165) is 11.1 Å². The third-order valence-corrected chi connectivity index (χ3v) is 7.60. The number of anilines is 1. The fourth-order valence-electron chi connectivity index (χ4n) is 4.31. The van der Waals surface area contributed by atoms with E-state index in [-0.39, 0.29) is 29.8 Å². The highest BCUT2D eigenvalue weighted by Crippen LogP contribution is 2.34. The maximum absolute atomic E-state index is 13.3. The molecule has 0 bridgehead atoms. The highest BCUT2D eigenvalue weighted by molar-refractivity contribution is 7.90. The Kier molecular flexibility index (Phi) is 5.98. The molecule has 0 fully saturated rings. The van der Waals surface area contributed by atoms with Crippen LogP contribution in [0.4, 0.5) is 5.82 Å². The molecule has 5 rings (SSSR count). The van der Waals surface area contributed by atoms with E-state index in [1.54, 1.807) is 28.9 Å². The maximum Gasteiger partial charge on any atom is 0.226 e. The van der Waals surface area contributed by atoms with Crippen molar-refractivity contribution in [2.24, 2.45) is 0 Å². The van der Waals surface area contributed by atoms with Gasteiger partial charge in [0.2, 0.25) is 5.91 Å². The molecule has 1 aliphatic heterocycles. The first-order valence-electron chi connectivity index (χ1n) is 10.9. The number of nitrogens with one attached hydrogen (secondary N) is 1. The minimum Gasteiger partial charge on any atom is -0.310 e. The van der Waals surface area contributed by atoms with Gasteiger partial charge in [-0.1, -0.05) is 72.3 Å². The smallest absolute Gasteiger partial charge is 0.226 e. The molecular weight excluding hydrogens is 470 g/mol. The first-order valence-corrected chi connectivity index (χ1v) is 13.1. The van der Waals surface area contributed by atoms with Gasteiger partial charge in [-0.2, -0.15) is 5.10 Å². The molecule has 34 heavy (non-hydrogen) atoms. The summed E-state index contributed by atoms with van der Waals surface area (Å²) < 4.78 is 26.1. The lowest BCUT2D eigenvalue weighted by Crippen LogP contribution is -2.19. The van der Waals surface area contributed by atoms with Crippen LogP contribution in [0.3, 0.4) is 0 Å². The zero-order chi connectivity index (χ0) is 23.7. The summed E-state index contributed by atoms with van der Waals surface area (Å²) in [5, 5.41) is 8.06. The van der Waals surface area contributed by atoms with Crippen molar-refractivity contribution in [1.29, 1.82) is 0 Å². The van der Waals surface area contributed by atoms with Gasteiger partial charge in [0.15, 0.2) is 9.84 Å². The van der Waals surface area contributed by atoms with Crippen molar-refractivity contribution in [2.45, 2.75) is 23.8 Å². The maximum atomic E-state index is 13.3. The quantitative estimate of drug-likeness (QED) is 0.406. The number of carbonyl (C=O) groups excluding carboxylic acids is 1. The molecule has 6 nitrogen and oxygen atoms in total. The standard InChI is InChI=1S/C26H22ClN3O3S/c27-20-11-13-21(14-12-20)30-26(23-16-34(32,33)17-24(23)29-30)28-25(31)15-22(18-7-3-1-4-8-18)19-9-5-2-6-10-19/h1-14,22H,15-17H2,(H,28,31). The van der Waals surface area contributed by atoms with Gasteiger partial charge in [0, 0.05) is 22.9 Å². The third-order valence-electron chi connectivity index (χ3n) is 5.91. The molecule has 0 saturated heterocycles. The Labute approximate surface area is 203 Å². The van der Waals surface area contributed by atoms with Gasteiger partial charge in [-0.05, 0) is 35.4 Å². The Balaban J connectivity index is 1.49. The second-order valence-electron chi connectivity index (χ2n) is 8.32. The minimum atomic E-state index is -3.28. The molecule has 4 aromatic rings. The molecule has 0 saturated carbocycles. The van der Waals surface area contributed by atoms with Crippen molar-refractivity contribution >= 4 is 33.2 Å². The minimum absolute atomic E-state index is 0.136. The van der Waals surface area contributed by atoms with E-state index in [0.29, 0.717) is 27.8 Å². The van der Waals surface area contributed by atoms with Crippen molar-refractivity contribution in [3.05, 3.63) is 112 Å². The van der Waals surface area contributed by atoms with Gasteiger partial charge in [0.1, 0.15) is 5.82 Å². The fraction of sp³-hybridized carbons (Fsp3) is 0.154. The molecule has 1 aliphatic rings. The third kappa shape index (κ3) is 4.62. The van der Waals surface area contributed by atoms with Gasteiger partial charge in [-0.15, -0.1) is 0 Å². The van der Waals surface area contributed by atoms with Crippen molar-refractivity contribution in [3.63, 3.8) is 0 Å². The second-order valence-corrected chi connectivity index (χ2v) is 10.8. The molecule has 0 radical (unpaired) electrons. The number of rotatable bonds is 6. The highest BCUT2D eigenvalue weighted by atomic mass is 35.5. The first kappa shape index (κ1) is 22.4. The zero-order valence-corrected chi connectivity index (χ0v) is 19.8. The SMILES string of the molecule is O=C(CC(c1ccccc1)c1ccccc1)Nc1c2c(nn1-c1ccc(Cl)cc1)CS(=O)(=O)C2. The summed E-state index contributed by atoms with van der Waals surface area (Å²) in [5.74, 6) is -0.260. The van der Waals surface area contributed by atoms with E-state index in [9.17, 15) is 13.2 Å². The molecule has 1 amide bonds. The van der Waals surface area contributed by atoms with Crippen LogP contribution >= 0.6 is 11.6 Å². The van der Waals surface area contributed by atoms with Crippen molar-refractivity contribution in [2.75, 3.05) is 5.32 Å². The molecule has 0 aliphatic carbocycles. The van der Waals surface area contributed by atoms with E-state index in [4.69, 9.17) is 11.6 Å². The monoisotopic (exact) mass is 491 g/mol. The summed E-state index contributed by atoms with van der Waals surface area (Å²) in [5.41, 5.74) is 3.76. The normalized spacial score (nSPS) is 14.2. The van der Waals surface area contributed by atoms with E-state index < -0.39 is 9.84 Å². The molecule has 3 aromatic carbocycles. The van der Waals surface area contributed by atoms with Crippen molar-refractivity contribution in [1.82, 2.24) is 9.78 Å². The molecule has 0 unspecified atom stereocenters. The lowest BCUT2D eigenvalue weighted by atomic mass is 9.88. The summed E-state index contributed by atoms with van der Waals surface area (Å²) in [6.45, 7) is 0. The van der Waals surface area contributed by atoms with E-state index in [1.165, 1.54) is 0 Å². The van der Waals surface area contributed by atoms with E-state index >= 15 is 0 Å². The Morgan fingerprint density at radius 3 is 2.09 bits per heavy atom. The molecule has 172 valence electrons. The Bertz CT molecular complexity index is 1390. The summed E-state index contributed by atoms with van der Waals surface area (Å²) >= 11 is 6.03. The van der Waals surface area contributed by atoms with Crippen molar-refractivity contribution < 1.29 is 13.2 Å². The van der Waals surface area contributed by atoms with Crippen LogP contribution in [0.5, 0.6) is 0 Å². The average molecular weight is 492 g/mol. The van der Waals surface area contributed by atoms with Gasteiger partial charge in [-0.25, -0.2) is 13.1 Å². The number of sulfone groups is 1. The van der Waals surface area contributed by atoms with Crippen LogP contribution in [0, 0.1) is 0 Å². The van der Waals surface area contributed by atoms with Crippen LogP contribution in [0.15, 0.2) is 84.9 Å². The lowest BCUT2D eigenvalue weighted by Gasteiger charge is -2.18. The van der Waals surface area contributed by atoms with Crippen LogP contribution in [0.2, 0.25) is 5.02 Å². The number of hydrogen-bond donors (Lipinski definition) is 1. The molecule has 1 N–H and O–H groups in total.